The molecule has 0 saturated heterocycles. The van der Waals surface area contributed by atoms with E-state index in [9.17, 15) is 14.1 Å². The summed E-state index contributed by atoms with van der Waals surface area (Å²) in [6.45, 7) is 14.2. The highest BCUT2D eigenvalue weighted by atomic mass is 32.2. The molecule has 3 aromatic rings. The average molecular weight is 688 g/mol. The van der Waals surface area contributed by atoms with Gasteiger partial charge in [0.1, 0.15) is 30.0 Å². The Morgan fingerprint density at radius 1 is 1.17 bits per heavy atom. The molecular weight excluding hydrogens is 638 g/mol. The van der Waals surface area contributed by atoms with Crippen LogP contribution in [-0.2, 0) is 40.4 Å². The number of hydrogen-bond donors (Lipinski definition) is 2. The van der Waals surface area contributed by atoms with Crippen molar-refractivity contribution in [2.24, 2.45) is 11.8 Å². The first-order valence-corrected chi connectivity index (χ1v) is 21.9. The fourth-order valence-electron chi connectivity index (χ4n) is 6.02. The Hall–Kier alpha value is -3.07. The SMILES string of the molecule is CCc1c(-c2ccc(NC(=O)[C@@H](NC(=O)c3ccnn3CC[S+](C)[O-])[C@H]3CC[C@H](C)CC3)nc2F)c(C)nn1COCC[Si](C)(C)C. The van der Waals surface area contributed by atoms with Gasteiger partial charge in [-0.15, -0.1) is 0 Å². The topological polar surface area (TPSA) is 139 Å². The molecule has 1 saturated carbocycles. The highest BCUT2D eigenvalue weighted by Crippen LogP contribution is 2.32. The van der Waals surface area contributed by atoms with Gasteiger partial charge in [0.05, 0.1) is 18.5 Å². The third kappa shape index (κ3) is 9.97. The van der Waals surface area contributed by atoms with Gasteiger partial charge >= 0.3 is 0 Å². The number of anilines is 1. The van der Waals surface area contributed by atoms with Gasteiger partial charge in [0.15, 0.2) is 0 Å². The molecule has 3 heterocycles. The van der Waals surface area contributed by atoms with Crippen LogP contribution < -0.4 is 10.6 Å². The predicted octanol–water partition coefficient (Wildman–Crippen LogP) is 5.41. The molecule has 1 fully saturated rings. The van der Waals surface area contributed by atoms with E-state index in [1.165, 1.54) is 10.9 Å². The van der Waals surface area contributed by atoms with Crippen LogP contribution in [0.3, 0.4) is 0 Å². The van der Waals surface area contributed by atoms with Crippen molar-refractivity contribution in [3.63, 3.8) is 0 Å². The van der Waals surface area contributed by atoms with Crippen LogP contribution in [-0.4, -0.2) is 73.6 Å². The minimum absolute atomic E-state index is 0.0629. The zero-order chi connectivity index (χ0) is 34.3. The Kier molecular flexibility index (Phi) is 12.8. The number of aryl methyl sites for hydroxylation is 2. The monoisotopic (exact) mass is 687 g/mol. The van der Waals surface area contributed by atoms with Crippen molar-refractivity contribution in [1.82, 2.24) is 29.9 Å². The fourth-order valence-corrected chi connectivity index (χ4v) is 7.21. The molecule has 0 aliphatic heterocycles. The summed E-state index contributed by atoms with van der Waals surface area (Å²) in [6.07, 6.45) is 7.18. The summed E-state index contributed by atoms with van der Waals surface area (Å²) in [7, 11) is -1.23. The van der Waals surface area contributed by atoms with Crippen molar-refractivity contribution in [2.45, 2.75) is 97.9 Å². The van der Waals surface area contributed by atoms with Crippen LogP contribution in [0.5, 0.6) is 0 Å². The molecular formula is C33H50FN7O4SSi. The molecule has 1 aliphatic rings. The molecule has 4 rings (SSSR count). The Bertz CT molecular complexity index is 1510. The van der Waals surface area contributed by atoms with Gasteiger partial charge in [0.25, 0.3) is 5.91 Å². The van der Waals surface area contributed by atoms with Crippen LogP contribution in [0.1, 0.15) is 61.4 Å². The van der Waals surface area contributed by atoms with Crippen LogP contribution in [0.4, 0.5) is 10.2 Å². The van der Waals surface area contributed by atoms with E-state index in [0.717, 1.165) is 37.4 Å². The Balaban J connectivity index is 1.51. The van der Waals surface area contributed by atoms with E-state index >= 15 is 4.39 Å². The molecule has 47 heavy (non-hydrogen) atoms. The van der Waals surface area contributed by atoms with E-state index < -0.39 is 43.1 Å². The molecule has 2 N–H and O–H groups in total. The predicted molar refractivity (Wildman–Crippen MR) is 186 cm³/mol. The van der Waals surface area contributed by atoms with E-state index in [1.807, 2.05) is 13.8 Å². The van der Waals surface area contributed by atoms with Gasteiger partial charge in [-0.2, -0.15) is 14.6 Å². The fraction of sp³-hybridized carbons (Fsp3) is 0.606. The normalized spacial score (nSPS) is 18.1. The maximum Gasteiger partial charge on any atom is 0.270 e. The summed E-state index contributed by atoms with van der Waals surface area (Å²) in [5, 5.41) is 14.5. The largest absolute Gasteiger partial charge is 0.617 e. The number of pyridine rings is 1. The summed E-state index contributed by atoms with van der Waals surface area (Å²) in [5.41, 5.74) is 2.79. The van der Waals surface area contributed by atoms with E-state index in [-0.39, 0.29) is 17.4 Å². The van der Waals surface area contributed by atoms with Gasteiger partial charge < -0.3 is 19.9 Å². The number of hydrogen-bond acceptors (Lipinski definition) is 7. The average Bonchev–Trinajstić information content (AvgIpc) is 3.61. The van der Waals surface area contributed by atoms with E-state index in [0.29, 0.717) is 54.8 Å². The van der Waals surface area contributed by atoms with E-state index in [1.54, 1.807) is 29.1 Å². The summed E-state index contributed by atoms with van der Waals surface area (Å²) in [6, 6.07) is 4.97. The molecule has 14 heteroatoms. The smallest absolute Gasteiger partial charge is 0.270 e. The number of nitrogens with one attached hydrogen (secondary N) is 2. The molecule has 0 spiro atoms. The second kappa shape index (κ2) is 16.4. The standard InChI is InChI=1S/C33H50FN7O4SSi/c1-8-26-29(23(3)39-41(26)21-45-18-20-47(5,6)7)25-13-14-28(36-31(25)34)37-33(43)30(24-11-9-22(2)10-12-24)38-32(42)27-15-16-35-40(27)17-19-46(4)44/h13-16,22,24,30H,8-12,17-21H2,1-7H3,(H,38,42)(H,36,37,43)/t22-,24-,30-,46?/m0/s1. The molecule has 11 nitrogen and oxygen atoms in total. The Morgan fingerprint density at radius 2 is 1.89 bits per heavy atom. The molecule has 3 aromatic heterocycles. The lowest BCUT2D eigenvalue weighted by molar-refractivity contribution is -0.119. The van der Waals surface area contributed by atoms with Gasteiger partial charge in [0.2, 0.25) is 11.9 Å². The quantitative estimate of drug-likeness (QED) is 0.0944. The van der Waals surface area contributed by atoms with Crippen LogP contribution in [0.25, 0.3) is 11.1 Å². The van der Waals surface area contributed by atoms with Crippen LogP contribution in [0, 0.1) is 24.7 Å². The summed E-state index contributed by atoms with van der Waals surface area (Å²) < 4.78 is 36.5. The van der Waals surface area contributed by atoms with Gasteiger partial charge in [0, 0.05) is 37.7 Å². The first-order chi connectivity index (χ1) is 22.3. The van der Waals surface area contributed by atoms with E-state index in [4.69, 9.17) is 4.74 Å². The molecule has 2 atom stereocenters. The van der Waals surface area contributed by atoms with Gasteiger partial charge in [-0.05, 0) is 62.3 Å². The van der Waals surface area contributed by atoms with Crippen LogP contribution in [0.15, 0.2) is 24.4 Å². The lowest BCUT2D eigenvalue weighted by atomic mass is 9.79. The molecule has 0 aromatic carbocycles. The number of carbonyl (C=O) groups excluding carboxylic acids is 2. The zero-order valence-electron chi connectivity index (χ0n) is 28.8. The molecule has 0 radical (unpaired) electrons. The maximum absolute atomic E-state index is 15.7. The molecule has 1 unspecified atom stereocenters. The number of rotatable bonds is 15. The molecule has 2 amide bonds. The number of amides is 2. The molecule has 1 aliphatic carbocycles. The number of ether oxygens (including phenoxy) is 1. The summed E-state index contributed by atoms with van der Waals surface area (Å²) >= 11 is -1.05. The second-order valence-electron chi connectivity index (χ2n) is 13.8. The third-order valence-electron chi connectivity index (χ3n) is 8.79. The number of halogens is 1. The minimum Gasteiger partial charge on any atom is -0.617 e. The zero-order valence-corrected chi connectivity index (χ0v) is 30.6. The van der Waals surface area contributed by atoms with Crippen molar-refractivity contribution in [3.8, 4) is 11.1 Å². The Labute approximate surface area is 281 Å². The first-order valence-electron chi connectivity index (χ1n) is 16.5. The van der Waals surface area contributed by atoms with Crippen molar-refractivity contribution in [1.29, 1.82) is 0 Å². The number of carbonyl (C=O) groups is 2. The second-order valence-corrected chi connectivity index (χ2v) is 21.0. The van der Waals surface area contributed by atoms with Crippen LogP contribution >= 0.6 is 0 Å². The highest BCUT2D eigenvalue weighted by Gasteiger charge is 2.34. The lowest BCUT2D eigenvalue weighted by Gasteiger charge is -2.32. The summed E-state index contributed by atoms with van der Waals surface area (Å²) in [4.78, 5) is 31.3. The summed E-state index contributed by atoms with van der Waals surface area (Å²) in [5.74, 6) is -0.743. The number of aromatic nitrogens is 5. The first kappa shape index (κ1) is 36.8. The van der Waals surface area contributed by atoms with Crippen LogP contribution in [0.2, 0.25) is 25.7 Å². The van der Waals surface area contributed by atoms with Gasteiger partial charge in [-0.3, -0.25) is 14.3 Å². The Morgan fingerprint density at radius 3 is 2.53 bits per heavy atom. The van der Waals surface area contributed by atoms with Gasteiger partial charge in [-0.1, -0.05) is 57.5 Å². The number of nitrogens with zero attached hydrogens (tertiary/aromatic N) is 5. The van der Waals surface area contributed by atoms with Crippen molar-refractivity contribution in [2.75, 3.05) is 23.9 Å². The molecule has 0 bridgehead atoms. The van der Waals surface area contributed by atoms with Crippen molar-refractivity contribution >= 4 is 36.9 Å². The minimum atomic E-state index is -1.23. The van der Waals surface area contributed by atoms with Crippen molar-refractivity contribution in [3.05, 3.63) is 47.4 Å². The van der Waals surface area contributed by atoms with Crippen molar-refractivity contribution < 1.29 is 23.3 Å². The highest BCUT2D eigenvalue weighted by molar-refractivity contribution is 7.90. The third-order valence-corrected chi connectivity index (χ3v) is 11.2. The maximum atomic E-state index is 15.7. The van der Waals surface area contributed by atoms with Gasteiger partial charge in [-0.25, -0.2) is 9.67 Å². The van der Waals surface area contributed by atoms with E-state index in [2.05, 4.69) is 52.4 Å². The lowest BCUT2D eigenvalue weighted by Crippen LogP contribution is -2.49. The molecule has 258 valence electrons.